The van der Waals surface area contributed by atoms with Gasteiger partial charge in [0.25, 0.3) is 0 Å². The van der Waals surface area contributed by atoms with E-state index in [-0.39, 0.29) is 0 Å². The molecule has 0 aliphatic heterocycles. The summed E-state index contributed by atoms with van der Waals surface area (Å²) in [7, 11) is 0. The highest BCUT2D eigenvalue weighted by atomic mass is 16.3. The van der Waals surface area contributed by atoms with E-state index < -0.39 is 0 Å². The fourth-order valence-electron chi connectivity index (χ4n) is 1.69. The monoisotopic (exact) mass is 166 g/mol. The molecule has 12 heavy (non-hydrogen) atoms. The van der Waals surface area contributed by atoms with Crippen molar-refractivity contribution in [2.24, 2.45) is 0 Å². The Labute approximate surface area is 74.8 Å². The van der Waals surface area contributed by atoms with E-state index in [9.17, 15) is 0 Å². The van der Waals surface area contributed by atoms with Crippen molar-refractivity contribution < 1.29 is 4.42 Å². The van der Waals surface area contributed by atoms with Crippen molar-refractivity contribution >= 4 is 0 Å². The van der Waals surface area contributed by atoms with Gasteiger partial charge in [-0.15, -0.1) is 0 Å². The number of rotatable bonds is 0. The third kappa shape index (κ3) is 1.71. The summed E-state index contributed by atoms with van der Waals surface area (Å²) in [4.78, 5) is 0. The summed E-state index contributed by atoms with van der Waals surface area (Å²) in [6.07, 6.45) is 7.06. The van der Waals surface area contributed by atoms with Crippen molar-refractivity contribution in [2.75, 3.05) is 0 Å². The molecule has 1 aliphatic carbocycles. The summed E-state index contributed by atoms with van der Waals surface area (Å²) in [5.74, 6) is 1.13. The molecule has 0 N–H and O–H groups in total. The molecule has 0 atom stereocenters. The van der Waals surface area contributed by atoms with Crippen LogP contribution in [0.5, 0.6) is 0 Å². The van der Waals surface area contributed by atoms with Gasteiger partial charge in [-0.1, -0.05) is 13.8 Å². The van der Waals surface area contributed by atoms with Crippen molar-refractivity contribution in [2.45, 2.75) is 46.5 Å². The summed E-state index contributed by atoms with van der Waals surface area (Å²) in [5, 5.41) is 0. The Balaban J connectivity index is 0.000000336. The molecular weight excluding hydrogens is 148 g/mol. The molecule has 0 amide bonds. The van der Waals surface area contributed by atoms with Crippen LogP contribution in [0.1, 0.15) is 43.6 Å². The van der Waals surface area contributed by atoms with Gasteiger partial charge in [-0.25, -0.2) is 0 Å². The lowest BCUT2D eigenvalue weighted by molar-refractivity contribution is 0.529. The molecule has 1 aliphatic rings. The first-order valence-electron chi connectivity index (χ1n) is 4.94. The Morgan fingerprint density at radius 2 is 1.83 bits per heavy atom. The third-order valence-corrected chi connectivity index (χ3v) is 2.31. The zero-order chi connectivity index (χ0) is 8.97. The molecule has 0 saturated heterocycles. The average Bonchev–Trinajstić information content (AvgIpc) is 2.53. The van der Waals surface area contributed by atoms with Gasteiger partial charge in [0.15, 0.2) is 0 Å². The molecule has 0 spiro atoms. The van der Waals surface area contributed by atoms with E-state index in [2.05, 4.69) is 6.92 Å². The van der Waals surface area contributed by atoms with Crippen LogP contribution in [0.4, 0.5) is 0 Å². The van der Waals surface area contributed by atoms with Gasteiger partial charge in [0.1, 0.15) is 5.76 Å². The fourth-order valence-corrected chi connectivity index (χ4v) is 1.69. The van der Waals surface area contributed by atoms with Crippen molar-refractivity contribution in [1.82, 2.24) is 0 Å². The number of hydrogen-bond acceptors (Lipinski definition) is 1. The molecule has 0 radical (unpaired) electrons. The lowest BCUT2D eigenvalue weighted by Crippen LogP contribution is -1.99. The quantitative estimate of drug-likeness (QED) is 0.575. The zero-order valence-corrected chi connectivity index (χ0v) is 8.31. The topological polar surface area (TPSA) is 13.1 Å². The van der Waals surface area contributed by atoms with Crippen LogP contribution in [0.2, 0.25) is 0 Å². The first-order chi connectivity index (χ1) is 5.88. The van der Waals surface area contributed by atoms with E-state index in [1.165, 1.54) is 36.8 Å². The minimum Gasteiger partial charge on any atom is -0.469 e. The second-order valence-corrected chi connectivity index (χ2v) is 3.00. The van der Waals surface area contributed by atoms with Crippen LogP contribution in [0.25, 0.3) is 0 Å². The van der Waals surface area contributed by atoms with Gasteiger partial charge < -0.3 is 4.42 Å². The van der Waals surface area contributed by atoms with Crippen LogP contribution in [-0.2, 0) is 12.8 Å². The van der Waals surface area contributed by atoms with Gasteiger partial charge >= 0.3 is 0 Å². The third-order valence-electron chi connectivity index (χ3n) is 2.31. The maximum absolute atomic E-state index is 5.32. The van der Waals surface area contributed by atoms with Gasteiger partial charge in [0, 0.05) is 0 Å². The summed E-state index contributed by atoms with van der Waals surface area (Å²) >= 11 is 0. The highest BCUT2D eigenvalue weighted by molar-refractivity contribution is 5.29. The number of furan rings is 1. The van der Waals surface area contributed by atoms with Crippen LogP contribution in [-0.4, -0.2) is 0 Å². The van der Waals surface area contributed by atoms with Crippen molar-refractivity contribution in [1.29, 1.82) is 0 Å². The normalized spacial score (nSPS) is 14.6. The van der Waals surface area contributed by atoms with Gasteiger partial charge in [0.05, 0.1) is 6.26 Å². The minimum atomic E-state index is 1.13. The van der Waals surface area contributed by atoms with Crippen molar-refractivity contribution in [3.63, 3.8) is 0 Å². The molecule has 0 bridgehead atoms. The van der Waals surface area contributed by atoms with E-state index in [1.807, 2.05) is 20.1 Å². The second-order valence-electron chi connectivity index (χ2n) is 3.00. The lowest BCUT2D eigenvalue weighted by Gasteiger charge is -2.09. The number of aryl methyl sites for hydroxylation is 2. The highest BCUT2D eigenvalue weighted by Gasteiger charge is 2.13. The van der Waals surface area contributed by atoms with E-state index >= 15 is 0 Å². The molecule has 1 aromatic heterocycles. The van der Waals surface area contributed by atoms with Crippen LogP contribution in [0.3, 0.4) is 0 Å². The standard InChI is InChI=1S/C9H12O.C2H6/c1-7-9-5-3-2-4-8(9)6-10-7;1-2/h6H,2-5H2,1H3;1-2H3. The molecule has 0 fully saturated rings. The highest BCUT2D eigenvalue weighted by Crippen LogP contribution is 2.25. The van der Waals surface area contributed by atoms with Crippen LogP contribution < -0.4 is 0 Å². The molecule has 1 heterocycles. The molecule has 1 heteroatoms. The van der Waals surface area contributed by atoms with Gasteiger partial charge in [-0.2, -0.15) is 0 Å². The average molecular weight is 166 g/mol. The Morgan fingerprint density at radius 1 is 1.17 bits per heavy atom. The van der Waals surface area contributed by atoms with E-state index in [0.717, 1.165) is 5.76 Å². The van der Waals surface area contributed by atoms with Crippen LogP contribution in [0.15, 0.2) is 10.7 Å². The summed E-state index contributed by atoms with van der Waals surface area (Å²) in [6.45, 7) is 6.06. The Morgan fingerprint density at radius 3 is 2.50 bits per heavy atom. The minimum absolute atomic E-state index is 1.13. The summed E-state index contributed by atoms with van der Waals surface area (Å²) in [5.41, 5.74) is 2.93. The fraction of sp³-hybridized carbons (Fsp3) is 0.636. The van der Waals surface area contributed by atoms with Gasteiger partial charge in [-0.3, -0.25) is 0 Å². The van der Waals surface area contributed by atoms with Crippen molar-refractivity contribution in [3.05, 3.63) is 23.2 Å². The molecule has 68 valence electrons. The first-order valence-corrected chi connectivity index (χ1v) is 4.94. The molecular formula is C11H18O. The lowest BCUT2D eigenvalue weighted by atomic mass is 9.94. The molecule has 1 nitrogen and oxygen atoms in total. The van der Waals surface area contributed by atoms with E-state index in [0.29, 0.717) is 0 Å². The van der Waals surface area contributed by atoms with Gasteiger partial charge in [-0.05, 0) is 43.7 Å². The molecule has 1 aromatic rings. The molecule has 0 aromatic carbocycles. The van der Waals surface area contributed by atoms with Crippen LogP contribution >= 0.6 is 0 Å². The molecule has 0 unspecified atom stereocenters. The Kier molecular flexibility index (Phi) is 3.39. The Bertz CT molecular complexity index is 235. The van der Waals surface area contributed by atoms with E-state index in [4.69, 9.17) is 4.42 Å². The SMILES string of the molecule is CC.Cc1occ2c1CCCC2. The maximum Gasteiger partial charge on any atom is 0.104 e. The van der Waals surface area contributed by atoms with Crippen LogP contribution in [0, 0.1) is 6.92 Å². The Hall–Kier alpha value is -0.720. The smallest absolute Gasteiger partial charge is 0.104 e. The van der Waals surface area contributed by atoms with E-state index in [1.54, 1.807) is 0 Å². The summed E-state index contributed by atoms with van der Waals surface area (Å²) < 4.78 is 5.32. The maximum atomic E-state index is 5.32. The predicted molar refractivity (Wildman–Crippen MR) is 51.4 cm³/mol. The second kappa shape index (κ2) is 4.34. The van der Waals surface area contributed by atoms with Crippen molar-refractivity contribution in [3.8, 4) is 0 Å². The molecule has 2 rings (SSSR count). The zero-order valence-electron chi connectivity index (χ0n) is 8.31. The largest absolute Gasteiger partial charge is 0.469 e. The molecule has 0 saturated carbocycles. The summed E-state index contributed by atoms with van der Waals surface area (Å²) in [6, 6.07) is 0. The van der Waals surface area contributed by atoms with Gasteiger partial charge in [0.2, 0.25) is 0 Å². The number of fused-ring (bicyclic) bond motifs is 1. The number of hydrogen-bond donors (Lipinski definition) is 0. The first kappa shape index (κ1) is 9.37. The predicted octanol–water partition coefficient (Wildman–Crippen LogP) is 3.49.